The zero-order valence-electron chi connectivity index (χ0n) is 8.43. The number of hydrogen-bond acceptors (Lipinski definition) is 2. The van der Waals surface area contributed by atoms with Gasteiger partial charge in [0.15, 0.2) is 0 Å². The summed E-state index contributed by atoms with van der Waals surface area (Å²) < 4.78 is 0. The van der Waals surface area contributed by atoms with Crippen LogP contribution in [0.15, 0.2) is 0 Å². The Bertz CT molecular complexity index is 150. The molecule has 0 spiro atoms. The highest BCUT2D eigenvalue weighted by molar-refractivity contribution is 6.17. The summed E-state index contributed by atoms with van der Waals surface area (Å²) in [5, 5.41) is 9.84. The molecular formula is C10H20ClNO. The maximum absolute atomic E-state index is 9.84. The van der Waals surface area contributed by atoms with Gasteiger partial charge in [-0.05, 0) is 45.7 Å². The van der Waals surface area contributed by atoms with Crippen molar-refractivity contribution in [3.63, 3.8) is 0 Å². The van der Waals surface area contributed by atoms with Crippen LogP contribution in [0.4, 0.5) is 0 Å². The zero-order valence-corrected chi connectivity index (χ0v) is 9.19. The molecule has 13 heavy (non-hydrogen) atoms. The molecule has 1 unspecified atom stereocenters. The van der Waals surface area contributed by atoms with Crippen molar-refractivity contribution >= 4 is 11.6 Å². The lowest BCUT2D eigenvalue weighted by Crippen LogP contribution is -2.29. The van der Waals surface area contributed by atoms with Crippen molar-refractivity contribution in [2.24, 2.45) is 0 Å². The molecule has 0 saturated carbocycles. The Morgan fingerprint density at radius 1 is 1.38 bits per heavy atom. The van der Waals surface area contributed by atoms with Crippen molar-refractivity contribution in [2.45, 2.75) is 38.2 Å². The highest BCUT2D eigenvalue weighted by Gasteiger charge is 2.24. The van der Waals surface area contributed by atoms with Gasteiger partial charge >= 0.3 is 0 Å². The molecule has 0 aliphatic carbocycles. The van der Waals surface area contributed by atoms with Crippen LogP contribution in [0.2, 0.25) is 0 Å². The monoisotopic (exact) mass is 205 g/mol. The molecule has 1 rings (SSSR count). The van der Waals surface area contributed by atoms with Crippen LogP contribution in [0, 0.1) is 0 Å². The van der Waals surface area contributed by atoms with Crippen molar-refractivity contribution in [1.82, 2.24) is 4.90 Å². The molecule has 78 valence electrons. The smallest absolute Gasteiger partial charge is 0.0632 e. The number of alkyl halides is 1. The maximum Gasteiger partial charge on any atom is 0.0632 e. The van der Waals surface area contributed by atoms with Gasteiger partial charge < -0.3 is 10.0 Å². The molecule has 0 amide bonds. The van der Waals surface area contributed by atoms with Crippen LogP contribution < -0.4 is 0 Å². The molecule has 1 saturated heterocycles. The van der Waals surface area contributed by atoms with Crippen molar-refractivity contribution in [1.29, 1.82) is 0 Å². The minimum absolute atomic E-state index is 0.435. The molecule has 0 aromatic heterocycles. The van der Waals surface area contributed by atoms with E-state index >= 15 is 0 Å². The van der Waals surface area contributed by atoms with Gasteiger partial charge in [0.25, 0.3) is 0 Å². The molecule has 1 aliphatic rings. The van der Waals surface area contributed by atoms with Gasteiger partial charge in [-0.25, -0.2) is 0 Å². The number of rotatable bonds is 3. The number of halogens is 1. The Labute approximate surface area is 85.9 Å². The molecule has 0 bridgehead atoms. The van der Waals surface area contributed by atoms with Crippen LogP contribution in [0.3, 0.4) is 0 Å². The Morgan fingerprint density at radius 3 is 2.85 bits per heavy atom. The predicted molar refractivity (Wildman–Crippen MR) is 56.3 cm³/mol. The highest BCUT2D eigenvalue weighted by Crippen LogP contribution is 2.21. The molecule has 2 nitrogen and oxygen atoms in total. The lowest BCUT2D eigenvalue weighted by atomic mass is 9.98. The second kappa shape index (κ2) is 5.18. The highest BCUT2D eigenvalue weighted by atomic mass is 35.5. The second-order valence-electron chi connectivity index (χ2n) is 4.23. The summed E-state index contributed by atoms with van der Waals surface area (Å²) in [6.45, 7) is 5.16. The Morgan fingerprint density at radius 2 is 2.15 bits per heavy atom. The van der Waals surface area contributed by atoms with Gasteiger partial charge in [0.1, 0.15) is 0 Å². The lowest BCUT2D eigenvalue weighted by molar-refractivity contribution is 0.0447. The number of nitrogens with zero attached hydrogens (tertiary/aromatic N) is 1. The number of aliphatic hydroxyl groups is 1. The van der Waals surface area contributed by atoms with E-state index in [0.29, 0.717) is 0 Å². The van der Waals surface area contributed by atoms with Gasteiger partial charge in [0, 0.05) is 12.4 Å². The molecule has 1 N–H and O–H groups in total. The third-order valence-corrected chi connectivity index (χ3v) is 3.03. The largest absolute Gasteiger partial charge is 0.390 e. The predicted octanol–water partition coefficient (Wildman–Crippen LogP) is 1.85. The number of hydrogen-bond donors (Lipinski definition) is 1. The molecule has 1 fully saturated rings. The molecule has 1 aliphatic heterocycles. The third kappa shape index (κ3) is 4.30. The topological polar surface area (TPSA) is 23.5 Å². The molecule has 1 atom stereocenters. The van der Waals surface area contributed by atoms with E-state index in [-0.39, 0.29) is 0 Å². The van der Waals surface area contributed by atoms with Gasteiger partial charge in [-0.3, -0.25) is 0 Å². The Balaban J connectivity index is 2.28. The summed E-state index contributed by atoms with van der Waals surface area (Å²) in [6.07, 6.45) is 4.00. The van der Waals surface area contributed by atoms with Crippen molar-refractivity contribution in [2.75, 3.05) is 25.5 Å². The first-order chi connectivity index (χ1) is 6.14. The van der Waals surface area contributed by atoms with E-state index in [1.165, 1.54) is 0 Å². The molecule has 0 radical (unpaired) electrons. The van der Waals surface area contributed by atoms with E-state index < -0.39 is 5.60 Å². The van der Waals surface area contributed by atoms with E-state index in [9.17, 15) is 5.11 Å². The Kier molecular flexibility index (Phi) is 4.50. The third-order valence-electron chi connectivity index (χ3n) is 2.76. The maximum atomic E-state index is 9.84. The second-order valence-corrected chi connectivity index (χ2v) is 4.61. The molecule has 3 heteroatoms. The zero-order chi connectivity index (χ0) is 9.73. The normalized spacial score (nSPS) is 31.6. The summed E-state index contributed by atoms with van der Waals surface area (Å²) in [6, 6.07) is 0. The SMILES string of the molecule is CC1(O)CCCN(CCCCl)CC1. The first kappa shape index (κ1) is 11.3. The summed E-state index contributed by atoms with van der Waals surface area (Å²) in [5.74, 6) is 0.743. The first-order valence-corrected chi connectivity index (χ1v) is 5.68. The van der Waals surface area contributed by atoms with E-state index in [0.717, 1.165) is 51.2 Å². The van der Waals surface area contributed by atoms with Crippen LogP contribution in [0.25, 0.3) is 0 Å². The average Bonchev–Trinajstić information content (AvgIpc) is 2.23. The van der Waals surface area contributed by atoms with Gasteiger partial charge in [-0.15, -0.1) is 11.6 Å². The quantitative estimate of drug-likeness (QED) is 0.711. The fraction of sp³-hybridized carbons (Fsp3) is 1.00. The standard InChI is InChI=1S/C10H20ClNO/c1-10(13)4-2-7-12(9-5-10)8-3-6-11/h13H,2-9H2,1H3. The van der Waals surface area contributed by atoms with Crippen LogP contribution in [-0.4, -0.2) is 41.1 Å². The summed E-state index contributed by atoms with van der Waals surface area (Å²) >= 11 is 5.64. The van der Waals surface area contributed by atoms with Gasteiger partial charge in [0.05, 0.1) is 5.60 Å². The minimum atomic E-state index is -0.435. The van der Waals surface area contributed by atoms with Crippen LogP contribution in [0.5, 0.6) is 0 Å². The molecule has 1 heterocycles. The van der Waals surface area contributed by atoms with Crippen molar-refractivity contribution in [3.05, 3.63) is 0 Å². The summed E-state index contributed by atoms with van der Waals surface area (Å²) in [4.78, 5) is 2.41. The average molecular weight is 206 g/mol. The van der Waals surface area contributed by atoms with Crippen LogP contribution in [-0.2, 0) is 0 Å². The fourth-order valence-electron chi connectivity index (χ4n) is 1.83. The van der Waals surface area contributed by atoms with Gasteiger partial charge in [0.2, 0.25) is 0 Å². The van der Waals surface area contributed by atoms with E-state index in [1.807, 2.05) is 6.92 Å². The molecule has 0 aromatic rings. The van der Waals surface area contributed by atoms with Gasteiger partial charge in [-0.1, -0.05) is 0 Å². The summed E-state index contributed by atoms with van der Waals surface area (Å²) in [5.41, 5.74) is -0.435. The van der Waals surface area contributed by atoms with E-state index in [4.69, 9.17) is 11.6 Å². The Hall–Kier alpha value is 0.210. The number of likely N-dealkylation sites (tertiary alicyclic amines) is 1. The van der Waals surface area contributed by atoms with Crippen LogP contribution >= 0.6 is 11.6 Å². The fourth-order valence-corrected chi connectivity index (χ4v) is 1.95. The lowest BCUT2D eigenvalue weighted by Gasteiger charge is -2.22. The van der Waals surface area contributed by atoms with Crippen molar-refractivity contribution < 1.29 is 5.11 Å². The van der Waals surface area contributed by atoms with E-state index in [2.05, 4.69) is 4.90 Å². The van der Waals surface area contributed by atoms with Crippen molar-refractivity contribution in [3.8, 4) is 0 Å². The van der Waals surface area contributed by atoms with Gasteiger partial charge in [-0.2, -0.15) is 0 Å². The molecule has 0 aromatic carbocycles. The summed E-state index contributed by atoms with van der Waals surface area (Å²) in [7, 11) is 0. The first-order valence-electron chi connectivity index (χ1n) is 5.15. The van der Waals surface area contributed by atoms with Crippen LogP contribution in [0.1, 0.15) is 32.6 Å². The molecular weight excluding hydrogens is 186 g/mol. The van der Waals surface area contributed by atoms with E-state index in [1.54, 1.807) is 0 Å². The minimum Gasteiger partial charge on any atom is -0.390 e.